The van der Waals surface area contributed by atoms with Gasteiger partial charge in [0.2, 0.25) is 0 Å². The fourth-order valence-electron chi connectivity index (χ4n) is 2.27. The Hall–Kier alpha value is -1.53. The number of aromatic amines is 1. The van der Waals surface area contributed by atoms with Crippen LogP contribution >= 0.6 is 15.9 Å². The fraction of sp³-hybridized carbons (Fsp3) is 0.357. The number of ether oxygens (including phenoxy) is 1. The molecule has 0 aliphatic rings. The number of benzene rings is 1. The van der Waals surface area contributed by atoms with Crippen LogP contribution in [0.4, 0.5) is 0 Å². The van der Waals surface area contributed by atoms with Gasteiger partial charge in [0, 0.05) is 23.1 Å². The topological polar surface area (TPSA) is 65.6 Å². The van der Waals surface area contributed by atoms with Crippen molar-refractivity contribution in [1.29, 1.82) is 0 Å². The van der Waals surface area contributed by atoms with Gasteiger partial charge in [-0.1, -0.05) is 0 Å². The number of carboxylic acids is 1. The molecule has 5 nitrogen and oxygen atoms in total. The molecule has 1 heterocycles. The summed E-state index contributed by atoms with van der Waals surface area (Å²) >= 11 is 3.44. The highest BCUT2D eigenvalue weighted by Crippen LogP contribution is 2.33. The molecule has 0 spiro atoms. The second-order valence-corrected chi connectivity index (χ2v) is 5.78. The van der Waals surface area contributed by atoms with Crippen LogP contribution in [-0.2, 0) is 17.8 Å². The van der Waals surface area contributed by atoms with Crippen LogP contribution in [0.2, 0.25) is 0 Å². The zero-order chi connectivity index (χ0) is 14.9. The Kier molecular flexibility index (Phi) is 4.35. The predicted octanol–water partition coefficient (Wildman–Crippen LogP) is 2.63. The van der Waals surface area contributed by atoms with Crippen LogP contribution in [0.3, 0.4) is 0 Å². The summed E-state index contributed by atoms with van der Waals surface area (Å²) in [6, 6.07) is 3.78. The van der Waals surface area contributed by atoms with Crippen molar-refractivity contribution in [2.45, 2.75) is 13.0 Å². The highest BCUT2D eigenvalue weighted by Gasteiger charge is 2.17. The molecule has 0 radical (unpaired) electrons. The first kappa shape index (κ1) is 14.9. The van der Waals surface area contributed by atoms with Gasteiger partial charge >= 0.3 is 5.97 Å². The molecule has 2 aromatic rings. The van der Waals surface area contributed by atoms with Crippen molar-refractivity contribution in [3.05, 3.63) is 27.9 Å². The first-order valence-corrected chi connectivity index (χ1v) is 6.95. The van der Waals surface area contributed by atoms with E-state index in [0.29, 0.717) is 12.3 Å². The monoisotopic (exact) mass is 340 g/mol. The van der Waals surface area contributed by atoms with Gasteiger partial charge in [-0.15, -0.1) is 0 Å². The van der Waals surface area contributed by atoms with Gasteiger partial charge in [-0.25, -0.2) is 0 Å². The molecule has 20 heavy (non-hydrogen) atoms. The number of rotatable bonds is 5. The molecule has 2 N–H and O–H groups in total. The van der Waals surface area contributed by atoms with Crippen LogP contribution < -0.4 is 4.74 Å². The molecule has 0 aliphatic carbocycles. The normalized spacial score (nSPS) is 11.2. The Morgan fingerprint density at radius 2 is 2.15 bits per heavy atom. The van der Waals surface area contributed by atoms with Crippen LogP contribution in [0.25, 0.3) is 10.9 Å². The summed E-state index contributed by atoms with van der Waals surface area (Å²) in [7, 11) is 5.50. The average Bonchev–Trinajstić information content (AvgIpc) is 2.64. The SMILES string of the molecule is COc1cc2c(CC(=O)O)c(CN(C)C)[nH]c2cc1Br. The van der Waals surface area contributed by atoms with Crippen molar-refractivity contribution in [1.82, 2.24) is 9.88 Å². The molecule has 0 bridgehead atoms. The Morgan fingerprint density at radius 3 is 2.70 bits per heavy atom. The summed E-state index contributed by atoms with van der Waals surface area (Å²) in [6.07, 6.45) is -0.00599. The van der Waals surface area contributed by atoms with E-state index in [0.717, 1.165) is 26.6 Å². The summed E-state index contributed by atoms with van der Waals surface area (Å²) in [4.78, 5) is 16.4. The first-order valence-electron chi connectivity index (χ1n) is 6.16. The van der Waals surface area contributed by atoms with Crippen molar-refractivity contribution in [3.63, 3.8) is 0 Å². The number of hydrogen-bond donors (Lipinski definition) is 2. The van der Waals surface area contributed by atoms with Gasteiger partial charge < -0.3 is 19.7 Å². The number of aromatic nitrogens is 1. The van der Waals surface area contributed by atoms with E-state index >= 15 is 0 Å². The lowest BCUT2D eigenvalue weighted by Crippen LogP contribution is -2.13. The predicted molar refractivity (Wildman–Crippen MR) is 81.3 cm³/mol. The van der Waals surface area contributed by atoms with Crippen LogP contribution in [0.15, 0.2) is 16.6 Å². The molecule has 0 aliphatic heterocycles. The first-order chi connectivity index (χ1) is 9.42. The molecular formula is C14H17BrN2O3. The van der Waals surface area contributed by atoms with Gasteiger partial charge in [-0.05, 0) is 47.7 Å². The van der Waals surface area contributed by atoms with E-state index < -0.39 is 5.97 Å². The third kappa shape index (κ3) is 2.96. The van der Waals surface area contributed by atoms with E-state index in [4.69, 9.17) is 9.84 Å². The lowest BCUT2D eigenvalue weighted by Gasteiger charge is -2.09. The number of aliphatic carboxylic acids is 1. The minimum Gasteiger partial charge on any atom is -0.496 e. The average molecular weight is 341 g/mol. The number of H-pyrrole nitrogens is 1. The van der Waals surface area contributed by atoms with Crippen molar-refractivity contribution in [2.24, 2.45) is 0 Å². The highest BCUT2D eigenvalue weighted by molar-refractivity contribution is 9.10. The van der Waals surface area contributed by atoms with Crippen LogP contribution in [0.1, 0.15) is 11.3 Å². The second-order valence-electron chi connectivity index (χ2n) is 4.92. The second kappa shape index (κ2) is 5.85. The molecule has 0 amide bonds. The maximum absolute atomic E-state index is 11.1. The molecule has 2 rings (SSSR count). The maximum atomic E-state index is 11.1. The molecule has 0 unspecified atom stereocenters. The number of methoxy groups -OCH3 is 1. The largest absolute Gasteiger partial charge is 0.496 e. The molecule has 1 aromatic carbocycles. The molecule has 0 atom stereocenters. The lowest BCUT2D eigenvalue weighted by molar-refractivity contribution is -0.136. The smallest absolute Gasteiger partial charge is 0.307 e. The van der Waals surface area contributed by atoms with E-state index in [1.807, 2.05) is 31.1 Å². The molecular weight excluding hydrogens is 324 g/mol. The number of carboxylic acid groups (broad SMARTS) is 1. The van der Waals surface area contributed by atoms with Crippen molar-refractivity contribution < 1.29 is 14.6 Å². The summed E-state index contributed by atoms with van der Waals surface area (Å²) in [5.74, 6) is -0.146. The van der Waals surface area contributed by atoms with Gasteiger partial charge in [-0.2, -0.15) is 0 Å². The number of nitrogens with one attached hydrogen (secondary N) is 1. The molecule has 108 valence electrons. The minimum absolute atomic E-state index is 0.00599. The van der Waals surface area contributed by atoms with E-state index in [9.17, 15) is 4.79 Å². The Labute approximate surface area is 125 Å². The quantitative estimate of drug-likeness (QED) is 0.878. The fourth-order valence-corrected chi connectivity index (χ4v) is 2.77. The lowest BCUT2D eigenvalue weighted by atomic mass is 10.1. The highest BCUT2D eigenvalue weighted by atomic mass is 79.9. The summed E-state index contributed by atoms with van der Waals surface area (Å²) in [6.45, 7) is 0.664. The van der Waals surface area contributed by atoms with E-state index in [2.05, 4.69) is 20.9 Å². The maximum Gasteiger partial charge on any atom is 0.307 e. The van der Waals surface area contributed by atoms with Crippen molar-refractivity contribution in [2.75, 3.05) is 21.2 Å². The zero-order valence-electron chi connectivity index (χ0n) is 11.7. The minimum atomic E-state index is -0.840. The molecule has 6 heteroatoms. The van der Waals surface area contributed by atoms with Gasteiger partial charge in [0.05, 0.1) is 18.0 Å². The summed E-state index contributed by atoms with van der Waals surface area (Å²) in [5, 5.41) is 10.0. The summed E-state index contributed by atoms with van der Waals surface area (Å²) < 4.78 is 6.12. The Bertz CT molecular complexity index is 649. The molecule has 0 saturated carbocycles. The van der Waals surface area contributed by atoms with E-state index in [-0.39, 0.29) is 6.42 Å². The van der Waals surface area contributed by atoms with E-state index in [1.54, 1.807) is 7.11 Å². The molecule has 0 saturated heterocycles. The number of fused-ring (bicyclic) bond motifs is 1. The van der Waals surface area contributed by atoms with Crippen molar-refractivity contribution in [3.8, 4) is 5.75 Å². The van der Waals surface area contributed by atoms with E-state index in [1.165, 1.54) is 0 Å². The third-order valence-corrected chi connectivity index (χ3v) is 3.69. The number of halogens is 1. The van der Waals surface area contributed by atoms with Gasteiger partial charge in [0.15, 0.2) is 0 Å². The number of nitrogens with zero attached hydrogens (tertiary/aromatic N) is 1. The van der Waals surface area contributed by atoms with Crippen LogP contribution in [0, 0.1) is 0 Å². The van der Waals surface area contributed by atoms with Crippen LogP contribution in [-0.4, -0.2) is 42.2 Å². The zero-order valence-corrected chi connectivity index (χ0v) is 13.2. The van der Waals surface area contributed by atoms with Gasteiger partial charge in [0.25, 0.3) is 0 Å². The Balaban J connectivity index is 2.63. The summed E-state index contributed by atoms with van der Waals surface area (Å²) in [5.41, 5.74) is 2.64. The van der Waals surface area contributed by atoms with Crippen LogP contribution in [0.5, 0.6) is 5.75 Å². The molecule has 0 fully saturated rings. The van der Waals surface area contributed by atoms with Gasteiger partial charge in [0.1, 0.15) is 5.75 Å². The number of carbonyl (C=O) groups is 1. The van der Waals surface area contributed by atoms with Crippen molar-refractivity contribution >= 4 is 32.8 Å². The number of hydrogen-bond acceptors (Lipinski definition) is 3. The molecule has 1 aromatic heterocycles. The third-order valence-electron chi connectivity index (χ3n) is 3.07. The van der Waals surface area contributed by atoms with Gasteiger partial charge in [-0.3, -0.25) is 4.79 Å². The standard InChI is InChI=1S/C14H17BrN2O3/c1-17(2)7-12-9(5-14(18)19)8-4-13(20-3)10(15)6-11(8)16-12/h4,6,16H,5,7H2,1-3H3,(H,18,19). The Morgan fingerprint density at radius 1 is 1.45 bits per heavy atom.